The Morgan fingerprint density at radius 1 is 0.906 bits per heavy atom. The lowest BCUT2D eigenvalue weighted by Crippen LogP contribution is -2.01. The molecule has 0 amide bonds. The highest BCUT2D eigenvalue weighted by molar-refractivity contribution is 5.82. The maximum atomic E-state index is 9.71. The lowest BCUT2D eigenvalue weighted by molar-refractivity contribution is 0.305. The van der Waals surface area contributed by atoms with Crippen molar-refractivity contribution in [3.05, 3.63) is 54.1 Å². The zero-order valence-electron chi connectivity index (χ0n) is 18.9. The van der Waals surface area contributed by atoms with E-state index in [1.165, 1.54) is 19.3 Å². The third-order valence-electron chi connectivity index (χ3n) is 5.27. The van der Waals surface area contributed by atoms with Crippen molar-refractivity contribution in [2.75, 3.05) is 26.6 Å². The van der Waals surface area contributed by atoms with Crippen molar-refractivity contribution in [2.24, 2.45) is 0 Å². The number of pyridine rings is 1. The Bertz CT molecular complexity index is 1090. The van der Waals surface area contributed by atoms with Crippen LogP contribution in [0.4, 0.5) is 5.82 Å². The lowest BCUT2D eigenvalue weighted by Gasteiger charge is -2.14. The topological polar surface area (TPSA) is 90.4 Å². The molecule has 0 atom stereocenters. The fourth-order valence-corrected chi connectivity index (χ4v) is 3.51. The second kappa shape index (κ2) is 11.1. The SMILES string of the molecule is CCCCCCOc1ccc(-c2cc(-c3cc(OC)ccc3OC)nc(N)c2C#N)cc1. The van der Waals surface area contributed by atoms with Gasteiger partial charge in [-0.15, -0.1) is 0 Å². The highest BCUT2D eigenvalue weighted by atomic mass is 16.5. The van der Waals surface area contributed by atoms with Crippen LogP contribution in [0.15, 0.2) is 48.5 Å². The molecule has 0 radical (unpaired) electrons. The molecule has 0 unspecified atom stereocenters. The van der Waals surface area contributed by atoms with Crippen LogP contribution >= 0.6 is 0 Å². The van der Waals surface area contributed by atoms with Crippen molar-refractivity contribution in [1.29, 1.82) is 5.26 Å². The Kier molecular flexibility index (Phi) is 7.93. The van der Waals surface area contributed by atoms with E-state index >= 15 is 0 Å². The average molecular weight is 432 g/mol. The molecule has 0 bridgehead atoms. The Hall–Kier alpha value is -3.72. The molecular formula is C26H29N3O3. The molecule has 6 nitrogen and oxygen atoms in total. The number of nitriles is 1. The molecular weight excluding hydrogens is 402 g/mol. The number of ether oxygens (including phenoxy) is 3. The highest BCUT2D eigenvalue weighted by Gasteiger charge is 2.16. The lowest BCUT2D eigenvalue weighted by atomic mass is 9.98. The van der Waals surface area contributed by atoms with Crippen LogP contribution in [0.2, 0.25) is 0 Å². The van der Waals surface area contributed by atoms with Gasteiger partial charge in [-0.3, -0.25) is 0 Å². The van der Waals surface area contributed by atoms with E-state index in [0.29, 0.717) is 34.9 Å². The maximum absolute atomic E-state index is 9.71. The van der Waals surface area contributed by atoms with Gasteiger partial charge in [0.05, 0.1) is 26.5 Å². The number of rotatable bonds is 10. The smallest absolute Gasteiger partial charge is 0.142 e. The van der Waals surface area contributed by atoms with Crippen LogP contribution in [0, 0.1) is 11.3 Å². The van der Waals surface area contributed by atoms with E-state index in [4.69, 9.17) is 19.9 Å². The minimum absolute atomic E-state index is 0.168. The summed E-state index contributed by atoms with van der Waals surface area (Å²) >= 11 is 0. The van der Waals surface area contributed by atoms with Gasteiger partial charge in [0.15, 0.2) is 0 Å². The number of aromatic nitrogens is 1. The minimum atomic E-state index is 0.168. The highest BCUT2D eigenvalue weighted by Crippen LogP contribution is 2.37. The molecule has 2 aromatic carbocycles. The summed E-state index contributed by atoms with van der Waals surface area (Å²) in [6, 6.07) is 17.2. The normalized spacial score (nSPS) is 10.4. The first-order chi connectivity index (χ1) is 15.6. The van der Waals surface area contributed by atoms with Crippen molar-refractivity contribution in [3.63, 3.8) is 0 Å². The summed E-state index contributed by atoms with van der Waals surface area (Å²) in [7, 11) is 3.20. The second-order valence-corrected chi connectivity index (χ2v) is 7.43. The van der Waals surface area contributed by atoms with Gasteiger partial charge in [-0.05, 0) is 48.4 Å². The van der Waals surface area contributed by atoms with Crippen molar-refractivity contribution in [2.45, 2.75) is 32.6 Å². The van der Waals surface area contributed by atoms with E-state index in [2.05, 4.69) is 18.0 Å². The largest absolute Gasteiger partial charge is 0.497 e. The summed E-state index contributed by atoms with van der Waals surface area (Å²) < 4.78 is 16.7. The molecule has 1 aromatic heterocycles. The van der Waals surface area contributed by atoms with Gasteiger partial charge in [-0.2, -0.15) is 5.26 Å². The molecule has 3 aromatic rings. The molecule has 0 fully saturated rings. The van der Waals surface area contributed by atoms with Crippen LogP contribution in [0.3, 0.4) is 0 Å². The molecule has 3 rings (SSSR count). The number of hydrogen-bond acceptors (Lipinski definition) is 6. The summed E-state index contributed by atoms with van der Waals surface area (Å²) in [6.45, 7) is 2.89. The quantitative estimate of drug-likeness (QED) is 0.405. The van der Waals surface area contributed by atoms with Gasteiger partial charge >= 0.3 is 0 Å². The van der Waals surface area contributed by atoms with Crippen molar-refractivity contribution >= 4 is 5.82 Å². The van der Waals surface area contributed by atoms with E-state index in [9.17, 15) is 5.26 Å². The van der Waals surface area contributed by atoms with E-state index in [-0.39, 0.29) is 5.82 Å². The van der Waals surface area contributed by atoms with E-state index in [1.807, 2.05) is 48.5 Å². The minimum Gasteiger partial charge on any atom is -0.497 e. The zero-order chi connectivity index (χ0) is 22.9. The summed E-state index contributed by atoms with van der Waals surface area (Å²) in [5.41, 5.74) is 9.41. The molecule has 0 aliphatic heterocycles. The zero-order valence-corrected chi connectivity index (χ0v) is 18.9. The number of nitrogens with two attached hydrogens (primary N) is 1. The van der Waals surface area contributed by atoms with Gasteiger partial charge < -0.3 is 19.9 Å². The van der Waals surface area contributed by atoms with Gasteiger partial charge in [0.2, 0.25) is 0 Å². The van der Waals surface area contributed by atoms with E-state index in [1.54, 1.807) is 14.2 Å². The van der Waals surface area contributed by atoms with E-state index in [0.717, 1.165) is 23.3 Å². The number of nitrogens with zero attached hydrogens (tertiary/aromatic N) is 2. The predicted octanol–water partition coefficient (Wildman–Crippen LogP) is 5.85. The first-order valence-electron chi connectivity index (χ1n) is 10.8. The van der Waals surface area contributed by atoms with Crippen LogP contribution in [0.25, 0.3) is 22.4 Å². The Balaban J connectivity index is 1.94. The summed E-state index contributed by atoms with van der Waals surface area (Å²) in [5, 5.41) is 9.71. The molecule has 1 heterocycles. The fourth-order valence-electron chi connectivity index (χ4n) is 3.51. The molecule has 166 valence electrons. The number of nitrogen functional groups attached to an aromatic ring is 1. The summed E-state index contributed by atoms with van der Waals surface area (Å²) in [5.74, 6) is 2.29. The maximum Gasteiger partial charge on any atom is 0.142 e. The molecule has 0 spiro atoms. The third-order valence-corrected chi connectivity index (χ3v) is 5.27. The summed E-state index contributed by atoms with van der Waals surface area (Å²) in [4.78, 5) is 4.46. The van der Waals surface area contributed by atoms with Crippen molar-refractivity contribution in [3.8, 4) is 45.7 Å². The van der Waals surface area contributed by atoms with Gasteiger partial charge in [0.1, 0.15) is 34.7 Å². The molecule has 2 N–H and O–H groups in total. The van der Waals surface area contributed by atoms with Crippen molar-refractivity contribution < 1.29 is 14.2 Å². The number of benzene rings is 2. The van der Waals surface area contributed by atoms with Crippen LogP contribution in [-0.2, 0) is 0 Å². The Morgan fingerprint density at radius 3 is 2.31 bits per heavy atom. The third kappa shape index (κ3) is 5.30. The molecule has 6 heteroatoms. The summed E-state index contributed by atoms with van der Waals surface area (Å²) in [6.07, 6.45) is 4.64. The van der Waals surface area contributed by atoms with Crippen LogP contribution in [-0.4, -0.2) is 25.8 Å². The molecule has 0 saturated heterocycles. The fraction of sp³-hybridized carbons (Fsp3) is 0.308. The first-order valence-corrected chi connectivity index (χ1v) is 10.8. The molecule has 0 aliphatic rings. The Labute approximate surface area is 189 Å². The molecule has 0 saturated carbocycles. The van der Waals surface area contributed by atoms with Crippen molar-refractivity contribution in [1.82, 2.24) is 4.98 Å². The average Bonchev–Trinajstić information content (AvgIpc) is 2.83. The molecule has 32 heavy (non-hydrogen) atoms. The number of anilines is 1. The van der Waals surface area contributed by atoms with Gasteiger partial charge in [-0.1, -0.05) is 38.3 Å². The van der Waals surface area contributed by atoms with Gasteiger partial charge in [-0.25, -0.2) is 4.98 Å². The monoisotopic (exact) mass is 431 g/mol. The predicted molar refractivity (Wildman–Crippen MR) is 127 cm³/mol. The number of unbranched alkanes of at least 4 members (excludes halogenated alkanes) is 3. The number of hydrogen-bond donors (Lipinski definition) is 1. The molecule has 0 aliphatic carbocycles. The Morgan fingerprint density at radius 2 is 1.66 bits per heavy atom. The van der Waals surface area contributed by atoms with Crippen LogP contribution in [0.5, 0.6) is 17.2 Å². The second-order valence-electron chi connectivity index (χ2n) is 7.43. The number of methoxy groups -OCH3 is 2. The van der Waals surface area contributed by atoms with Gasteiger partial charge in [0, 0.05) is 11.1 Å². The van der Waals surface area contributed by atoms with Gasteiger partial charge in [0.25, 0.3) is 0 Å². The van der Waals surface area contributed by atoms with Crippen LogP contribution < -0.4 is 19.9 Å². The first kappa shape index (κ1) is 23.0. The van der Waals surface area contributed by atoms with E-state index < -0.39 is 0 Å². The standard InChI is InChI=1S/C26H29N3O3/c1-4-5-6-7-14-32-19-10-8-18(9-11-19)21-16-24(29-26(28)23(21)17-27)22-15-20(30-2)12-13-25(22)31-3/h8-13,15-16H,4-7,14H2,1-3H3,(H2,28,29). The van der Waals surface area contributed by atoms with Crippen LogP contribution in [0.1, 0.15) is 38.2 Å².